The van der Waals surface area contributed by atoms with Gasteiger partial charge in [-0.05, 0) is 37.5 Å². The van der Waals surface area contributed by atoms with Crippen molar-refractivity contribution in [3.8, 4) is 28.3 Å². The Morgan fingerprint density at radius 1 is 1.16 bits per heavy atom. The zero-order chi connectivity index (χ0) is 21.5. The first-order valence-corrected chi connectivity index (χ1v) is 10.5. The number of phenols is 1. The third kappa shape index (κ3) is 3.63. The van der Waals surface area contributed by atoms with E-state index in [9.17, 15) is 9.50 Å². The van der Waals surface area contributed by atoms with Gasteiger partial charge >= 0.3 is 0 Å². The van der Waals surface area contributed by atoms with Gasteiger partial charge in [0.15, 0.2) is 0 Å². The summed E-state index contributed by atoms with van der Waals surface area (Å²) < 4.78 is 29.6. The van der Waals surface area contributed by atoms with Gasteiger partial charge in [-0.3, -0.25) is 10.1 Å². The van der Waals surface area contributed by atoms with Crippen LogP contribution < -0.4 is 10.2 Å². The molecular formula is C22H24F2N6O. The van der Waals surface area contributed by atoms with E-state index in [4.69, 9.17) is 0 Å². The maximum atomic E-state index is 15.0. The molecule has 2 aromatic heterocycles. The van der Waals surface area contributed by atoms with Crippen molar-refractivity contribution in [2.75, 3.05) is 11.9 Å². The quantitative estimate of drug-likeness (QED) is 0.592. The zero-order valence-electron chi connectivity index (χ0n) is 17.1. The summed E-state index contributed by atoms with van der Waals surface area (Å²) in [5, 5.41) is 20.3. The van der Waals surface area contributed by atoms with Crippen molar-refractivity contribution >= 4 is 5.82 Å². The Bertz CT molecular complexity index is 1060. The minimum absolute atomic E-state index is 0.111. The number of alkyl halides is 1. The molecule has 4 heterocycles. The fourth-order valence-electron chi connectivity index (χ4n) is 4.74. The number of hydrogen-bond acceptors (Lipinski definition) is 6. The molecule has 0 spiro atoms. The first-order valence-electron chi connectivity index (χ1n) is 10.5. The highest BCUT2D eigenvalue weighted by molar-refractivity contribution is 5.73. The molecule has 7 nitrogen and oxygen atoms in total. The topological polar surface area (TPSA) is 90.0 Å². The van der Waals surface area contributed by atoms with E-state index in [-0.39, 0.29) is 29.0 Å². The predicted molar refractivity (Wildman–Crippen MR) is 113 cm³/mol. The fraction of sp³-hybridized carbons (Fsp3) is 0.409. The lowest BCUT2D eigenvalue weighted by Gasteiger charge is -2.46. The molecule has 3 aromatic rings. The number of H-pyrrole nitrogens is 1. The molecule has 31 heavy (non-hydrogen) atoms. The zero-order valence-corrected chi connectivity index (χ0v) is 17.1. The average Bonchev–Trinajstić information content (AvgIpc) is 3.32. The van der Waals surface area contributed by atoms with Crippen LogP contribution in [0, 0.1) is 5.82 Å². The number of benzene rings is 1. The molecule has 0 saturated carbocycles. The summed E-state index contributed by atoms with van der Waals surface area (Å²) in [4.78, 5) is 10.6. The molecule has 0 radical (unpaired) electrons. The van der Waals surface area contributed by atoms with E-state index in [0.29, 0.717) is 23.2 Å². The smallest absolute Gasteiger partial charge is 0.147 e. The Morgan fingerprint density at radius 2 is 2.03 bits per heavy atom. The summed E-state index contributed by atoms with van der Waals surface area (Å²) in [7, 11) is 1.83. The lowest BCUT2D eigenvalue weighted by atomic mass is 9.82. The van der Waals surface area contributed by atoms with Crippen LogP contribution in [-0.2, 0) is 0 Å². The largest absolute Gasteiger partial charge is 0.507 e. The fourth-order valence-corrected chi connectivity index (χ4v) is 4.74. The molecule has 5 rings (SSSR count). The van der Waals surface area contributed by atoms with E-state index in [1.165, 1.54) is 24.5 Å². The monoisotopic (exact) mass is 426 g/mol. The summed E-state index contributed by atoms with van der Waals surface area (Å²) in [6, 6.07) is 4.14. The first-order chi connectivity index (χ1) is 15.0. The predicted octanol–water partition coefficient (Wildman–Crippen LogP) is 3.44. The van der Waals surface area contributed by atoms with Crippen molar-refractivity contribution in [1.82, 2.24) is 25.5 Å². The van der Waals surface area contributed by atoms with Gasteiger partial charge in [-0.25, -0.2) is 13.8 Å². The summed E-state index contributed by atoms with van der Waals surface area (Å²) in [5.41, 5.74) is 1.26. The van der Waals surface area contributed by atoms with Crippen molar-refractivity contribution in [3.63, 3.8) is 0 Å². The number of fused-ring (bicyclic) bond motifs is 2. The lowest BCUT2D eigenvalue weighted by molar-refractivity contribution is 0.107. The molecule has 3 N–H and O–H groups in total. The van der Waals surface area contributed by atoms with E-state index in [1.807, 2.05) is 11.9 Å². The van der Waals surface area contributed by atoms with Gasteiger partial charge in [0, 0.05) is 36.5 Å². The maximum absolute atomic E-state index is 15.0. The van der Waals surface area contributed by atoms with Crippen LogP contribution in [0.4, 0.5) is 14.6 Å². The number of aromatic amines is 1. The minimum atomic E-state index is -0.976. The van der Waals surface area contributed by atoms with Gasteiger partial charge in [0.2, 0.25) is 0 Å². The molecule has 0 aliphatic carbocycles. The molecule has 4 atom stereocenters. The molecule has 2 saturated heterocycles. The third-order valence-corrected chi connectivity index (χ3v) is 6.44. The molecule has 2 unspecified atom stereocenters. The lowest BCUT2D eigenvalue weighted by Crippen LogP contribution is -2.61. The normalized spacial score (nSPS) is 25.4. The molecular weight excluding hydrogens is 402 g/mol. The highest BCUT2D eigenvalue weighted by Gasteiger charge is 2.41. The molecule has 0 amide bonds. The van der Waals surface area contributed by atoms with Crippen LogP contribution in [0.2, 0.25) is 0 Å². The molecule has 9 heteroatoms. The number of piperidine rings is 2. The van der Waals surface area contributed by atoms with Crippen molar-refractivity contribution < 1.29 is 13.9 Å². The Morgan fingerprint density at radius 3 is 2.77 bits per heavy atom. The van der Waals surface area contributed by atoms with Crippen LogP contribution >= 0.6 is 0 Å². The number of rotatable bonds is 4. The van der Waals surface area contributed by atoms with Crippen LogP contribution in [0.25, 0.3) is 22.5 Å². The highest BCUT2D eigenvalue weighted by atomic mass is 19.1. The molecule has 2 bridgehead atoms. The minimum Gasteiger partial charge on any atom is -0.507 e. The molecule has 2 aliphatic rings. The second kappa shape index (κ2) is 7.88. The summed E-state index contributed by atoms with van der Waals surface area (Å²) in [6.07, 6.45) is 7.26. The number of anilines is 1. The number of nitrogens with zero attached hydrogens (tertiary/aromatic N) is 4. The highest BCUT2D eigenvalue weighted by Crippen LogP contribution is 2.35. The Hall–Kier alpha value is -3.07. The van der Waals surface area contributed by atoms with E-state index >= 15 is 4.39 Å². The Balaban J connectivity index is 1.38. The number of hydrogen-bond donors (Lipinski definition) is 3. The van der Waals surface area contributed by atoms with Crippen LogP contribution in [0.3, 0.4) is 0 Å². The van der Waals surface area contributed by atoms with Crippen LogP contribution in [0.1, 0.15) is 25.7 Å². The molecule has 2 aliphatic heterocycles. The van der Waals surface area contributed by atoms with Gasteiger partial charge in [-0.1, -0.05) is 6.42 Å². The number of aromatic nitrogens is 4. The summed E-state index contributed by atoms with van der Waals surface area (Å²) >= 11 is 0. The second-order valence-electron chi connectivity index (χ2n) is 8.34. The van der Waals surface area contributed by atoms with Gasteiger partial charge in [0.25, 0.3) is 0 Å². The third-order valence-electron chi connectivity index (χ3n) is 6.44. The van der Waals surface area contributed by atoms with E-state index in [0.717, 1.165) is 25.7 Å². The molecule has 162 valence electrons. The van der Waals surface area contributed by atoms with Crippen molar-refractivity contribution in [2.24, 2.45) is 0 Å². The van der Waals surface area contributed by atoms with Gasteiger partial charge in [-0.15, -0.1) is 0 Å². The Labute approximate surface area is 178 Å². The van der Waals surface area contributed by atoms with E-state index in [1.54, 1.807) is 12.3 Å². The standard InChI is InChI=1S/C22H24F2N6O/c1-30(19-7-12-3-2-4-17(28-12)22(19)24)21-11-25-18(10-26-21)14-8-15(23)13(9-20(14)31)16-5-6-27-29-16/h5-6,8-12,17,19,22,28,31H,2-4,7H2,1H3,(H,27,29)/t12?,17?,19-,22+/m1/s1. The van der Waals surface area contributed by atoms with Crippen molar-refractivity contribution in [2.45, 2.75) is 50.0 Å². The van der Waals surface area contributed by atoms with Crippen LogP contribution in [0.15, 0.2) is 36.8 Å². The van der Waals surface area contributed by atoms with Gasteiger partial charge in [0.1, 0.15) is 23.6 Å². The number of phenolic OH excluding ortho intramolecular Hbond substituents is 1. The number of aromatic hydroxyl groups is 1. The average molecular weight is 426 g/mol. The second-order valence-corrected chi connectivity index (χ2v) is 8.34. The molecule has 1 aromatic carbocycles. The van der Waals surface area contributed by atoms with Gasteiger partial charge in [0.05, 0.1) is 29.8 Å². The maximum Gasteiger partial charge on any atom is 0.147 e. The SMILES string of the molecule is CN(c1cnc(-c2cc(F)c(-c3ccn[nH]3)cc2O)cn1)[C@@H]1CC2CCCC(N2)[C@@H]1F. The van der Waals surface area contributed by atoms with Crippen molar-refractivity contribution in [1.29, 1.82) is 0 Å². The number of halogens is 2. The number of nitrogens with one attached hydrogen (secondary N) is 2. The summed E-state index contributed by atoms with van der Waals surface area (Å²) in [5.74, 6) is -0.0802. The van der Waals surface area contributed by atoms with E-state index in [2.05, 4.69) is 25.5 Å². The van der Waals surface area contributed by atoms with E-state index < -0.39 is 12.0 Å². The van der Waals surface area contributed by atoms with Gasteiger partial charge < -0.3 is 15.3 Å². The van der Waals surface area contributed by atoms with Gasteiger partial charge in [-0.2, -0.15) is 5.10 Å². The van der Waals surface area contributed by atoms with Crippen molar-refractivity contribution in [3.05, 3.63) is 42.6 Å². The first kappa shape index (κ1) is 19.9. The summed E-state index contributed by atoms with van der Waals surface area (Å²) in [6.45, 7) is 0. The Kier molecular flexibility index (Phi) is 5.05. The molecule has 2 fully saturated rings. The van der Waals surface area contributed by atoms with Crippen LogP contribution in [-0.4, -0.2) is 56.6 Å². The van der Waals surface area contributed by atoms with Crippen LogP contribution in [0.5, 0.6) is 5.75 Å².